The van der Waals surface area contributed by atoms with Crippen LogP contribution in [-0.4, -0.2) is 13.0 Å². The molecule has 0 bridgehead atoms. The largest absolute Gasteiger partial charge is 0.305 e. The van der Waals surface area contributed by atoms with Crippen LogP contribution >= 0.6 is 0 Å². The van der Waals surface area contributed by atoms with E-state index in [2.05, 4.69) is 10.3 Å². The summed E-state index contributed by atoms with van der Waals surface area (Å²) in [4.78, 5) is -0.239. The normalized spacial score (nSPS) is 12.1. The smallest absolute Gasteiger partial charge is 0.294 e. The molecule has 0 fully saturated rings. The van der Waals surface area contributed by atoms with Gasteiger partial charge in [0.15, 0.2) is 0 Å². The van der Waals surface area contributed by atoms with E-state index in [0.717, 1.165) is 6.07 Å². The van der Waals surface area contributed by atoms with Gasteiger partial charge in [0.05, 0.1) is 10.6 Å². The Hall–Kier alpha value is -1.47. The van der Waals surface area contributed by atoms with Crippen LogP contribution in [0, 0.1) is 0 Å². The lowest BCUT2D eigenvalue weighted by atomic mass is 10.3. The van der Waals surface area contributed by atoms with Gasteiger partial charge in [-0.25, -0.2) is 0 Å². The lowest BCUT2D eigenvalue weighted by Gasteiger charge is -1.96. The Balaban J connectivity index is 3.21. The molecular formula is C6H7N3O3S. The third-order valence-corrected chi connectivity index (χ3v) is 2.14. The van der Waals surface area contributed by atoms with Crippen molar-refractivity contribution >= 4 is 15.8 Å². The van der Waals surface area contributed by atoms with Gasteiger partial charge < -0.3 is 5.84 Å². The maximum Gasteiger partial charge on any atom is 0.294 e. The average Bonchev–Trinajstić information content (AvgIpc) is 2.04. The molecule has 0 aromatic heterocycles. The van der Waals surface area contributed by atoms with Crippen molar-refractivity contribution in [3.05, 3.63) is 24.3 Å². The van der Waals surface area contributed by atoms with Gasteiger partial charge >= 0.3 is 0 Å². The zero-order chi connectivity index (χ0) is 9.90. The predicted molar refractivity (Wildman–Crippen MR) is 45.0 cm³/mol. The first-order valence-electron chi connectivity index (χ1n) is 3.22. The lowest BCUT2D eigenvalue weighted by Crippen LogP contribution is -1.96. The summed E-state index contributed by atoms with van der Waals surface area (Å²) in [6.07, 6.45) is 0. The Labute approximate surface area is 74.8 Å². The lowest BCUT2D eigenvalue weighted by molar-refractivity contribution is 0.483. The quantitative estimate of drug-likeness (QED) is 0.321. The maximum atomic E-state index is 10.6. The standard InChI is InChI=1S/C6H7N3O3S/c7-9-8-5-2-1-3-6(4-5)13(10,11)12/h1-4H,(H2,7,8)(H,10,11,12). The van der Waals surface area contributed by atoms with Crippen LogP contribution in [0.15, 0.2) is 39.5 Å². The number of hydrogen-bond acceptors (Lipinski definition) is 4. The molecule has 70 valence electrons. The second-order valence-electron chi connectivity index (χ2n) is 2.19. The van der Waals surface area contributed by atoms with Crippen LogP contribution in [0.5, 0.6) is 0 Å². The minimum Gasteiger partial charge on any atom is -0.305 e. The molecule has 0 saturated heterocycles. The molecule has 13 heavy (non-hydrogen) atoms. The molecule has 0 radical (unpaired) electrons. The van der Waals surface area contributed by atoms with E-state index < -0.39 is 10.1 Å². The summed E-state index contributed by atoms with van der Waals surface area (Å²) in [5.74, 6) is 4.77. The zero-order valence-electron chi connectivity index (χ0n) is 6.45. The van der Waals surface area contributed by atoms with Gasteiger partial charge in [-0.2, -0.15) is 8.42 Å². The third kappa shape index (κ3) is 2.49. The van der Waals surface area contributed by atoms with Crippen LogP contribution in [0.2, 0.25) is 0 Å². The number of benzene rings is 1. The second kappa shape index (κ2) is 3.50. The topological polar surface area (TPSA) is 105 Å². The van der Waals surface area contributed by atoms with E-state index in [-0.39, 0.29) is 10.6 Å². The van der Waals surface area contributed by atoms with E-state index in [1.807, 2.05) is 0 Å². The van der Waals surface area contributed by atoms with E-state index >= 15 is 0 Å². The Morgan fingerprint density at radius 3 is 2.62 bits per heavy atom. The second-order valence-corrected chi connectivity index (χ2v) is 3.61. The minimum atomic E-state index is -4.19. The zero-order valence-corrected chi connectivity index (χ0v) is 7.27. The van der Waals surface area contributed by atoms with Crippen molar-refractivity contribution in [2.75, 3.05) is 0 Å². The third-order valence-electron chi connectivity index (χ3n) is 1.29. The molecule has 1 rings (SSSR count). The van der Waals surface area contributed by atoms with Crippen molar-refractivity contribution in [2.24, 2.45) is 16.2 Å². The Morgan fingerprint density at radius 2 is 2.08 bits per heavy atom. The molecule has 1 aromatic carbocycles. The molecule has 3 N–H and O–H groups in total. The summed E-state index contributed by atoms with van der Waals surface area (Å²) >= 11 is 0. The summed E-state index contributed by atoms with van der Waals surface area (Å²) in [6, 6.07) is 5.33. The van der Waals surface area contributed by atoms with Gasteiger partial charge in [-0.15, -0.1) is 5.11 Å². The van der Waals surface area contributed by atoms with Crippen molar-refractivity contribution in [1.82, 2.24) is 0 Å². The van der Waals surface area contributed by atoms with Crippen LogP contribution in [0.4, 0.5) is 5.69 Å². The fraction of sp³-hybridized carbons (Fsp3) is 0. The predicted octanol–water partition coefficient (Wildman–Crippen LogP) is 0.891. The summed E-state index contributed by atoms with van der Waals surface area (Å²) in [7, 11) is -4.19. The molecule has 0 aliphatic heterocycles. The number of nitrogens with zero attached hydrogens (tertiary/aromatic N) is 2. The highest BCUT2D eigenvalue weighted by molar-refractivity contribution is 7.85. The average molecular weight is 201 g/mol. The van der Waals surface area contributed by atoms with Crippen LogP contribution in [-0.2, 0) is 10.1 Å². The van der Waals surface area contributed by atoms with Crippen molar-refractivity contribution in [3.8, 4) is 0 Å². The minimum absolute atomic E-state index is 0.239. The molecule has 0 unspecified atom stereocenters. The number of nitrogens with two attached hydrogens (primary N) is 1. The van der Waals surface area contributed by atoms with Gasteiger partial charge in [0, 0.05) is 0 Å². The Morgan fingerprint density at radius 1 is 1.38 bits per heavy atom. The molecule has 6 nitrogen and oxygen atoms in total. The van der Waals surface area contributed by atoms with Crippen molar-refractivity contribution in [2.45, 2.75) is 4.90 Å². The first-order valence-corrected chi connectivity index (χ1v) is 4.66. The van der Waals surface area contributed by atoms with Crippen molar-refractivity contribution < 1.29 is 13.0 Å². The van der Waals surface area contributed by atoms with E-state index in [9.17, 15) is 8.42 Å². The molecule has 0 aliphatic rings. The van der Waals surface area contributed by atoms with E-state index in [4.69, 9.17) is 10.4 Å². The molecule has 7 heteroatoms. The van der Waals surface area contributed by atoms with Crippen molar-refractivity contribution in [1.29, 1.82) is 0 Å². The first kappa shape index (κ1) is 9.62. The van der Waals surface area contributed by atoms with Gasteiger partial charge in [0.25, 0.3) is 10.1 Å². The van der Waals surface area contributed by atoms with Crippen LogP contribution in [0.25, 0.3) is 0 Å². The van der Waals surface area contributed by atoms with E-state index in [1.165, 1.54) is 18.2 Å². The van der Waals surface area contributed by atoms with Gasteiger partial charge in [0.1, 0.15) is 0 Å². The van der Waals surface area contributed by atoms with Crippen LogP contribution < -0.4 is 5.84 Å². The molecule has 0 atom stereocenters. The molecule has 0 amide bonds. The fourth-order valence-electron chi connectivity index (χ4n) is 0.773. The SMILES string of the molecule is NN=Nc1cccc(S(=O)(=O)O)c1. The van der Waals surface area contributed by atoms with E-state index in [0.29, 0.717) is 0 Å². The summed E-state index contributed by atoms with van der Waals surface area (Å²) in [5, 5.41) is 6.39. The fourth-order valence-corrected chi connectivity index (χ4v) is 1.29. The molecule has 0 aliphatic carbocycles. The molecule has 0 spiro atoms. The molecule has 0 heterocycles. The Kier molecular flexibility index (Phi) is 2.59. The van der Waals surface area contributed by atoms with Gasteiger partial charge in [-0.05, 0) is 18.2 Å². The first-order chi connectivity index (χ1) is 6.04. The highest BCUT2D eigenvalue weighted by atomic mass is 32.2. The molecular weight excluding hydrogens is 194 g/mol. The van der Waals surface area contributed by atoms with Gasteiger partial charge in [0.2, 0.25) is 0 Å². The van der Waals surface area contributed by atoms with Crippen LogP contribution in [0.1, 0.15) is 0 Å². The summed E-state index contributed by atoms with van der Waals surface area (Å²) in [6.45, 7) is 0. The van der Waals surface area contributed by atoms with Crippen LogP contribution in [0.3, 0.4) is 0 Å². The number of rotatable bonds is 2. The van der Waals surface area contributed by atoms with Gasteiger partial charge in [-0.3, -0.25) is 4.55 Å². The summed E-state index contributed by atoms with van der Waals surface area (Å²) < 4.78 is 29.9. The van der Waals surface area contributed by atoms with Crippen molar-refractivity contribution in [3.63, 3.8) is 0 Å². The monoisotopic (exact) mass is 201 g/mol. The molecule has 0 saturated carbocycles. The molecule has 1 aromatic rings. The highest BCUT2D eigenvalue weighted by Crippen LogP contribution is 2.17. The van der Waals surface area contributed by atoms with E-state index in [1.54, 1.807) is 0 Å². The van der Waals surface area contributed by atoms with Gasteiger partial charge in [-0.1, -0.05) is 11.3 Å². The highest BCUT2D eigenvalue weighted by Gasteiger charge is 2.08. The number of hydrogen-bond donors (Lipinski definition) is 2. The maximum absolute atomic E-state index is 10.6. The Bertz CT molecular complexity index is 427. The summed E-state index contributed by atoms with van der Waals surface area (Å²) in [5.41, 5.74) is 0.262.